The van der Waals surface area contributed by atoms with Crippen LogP contribution in [0.5, 0.6) is 0 Å². The number of hydrogen-bond donors (Lipinski definition) is 1. The van der Waals surface area contributed by atoms with Crippen molar-refractivity contribution < 1.29 is 18.0 Å². The summed E-state index contributed by atoms with van der Waals surface area (Å²) in [6, 6.07) is 19.6. The Kier molecular flexibility index (Phi) is 5.77. The monoisotopic (exact) mass is 412 g/mol. The second kappa shape index (κ2) is 8.48. The lowest BCUT2D eigenvalue weighted by molar-refractivity contribution is -0.137. The maximum absolute atomic E-state index is 13.2. The number of alkyl halides is 3. The highest BCUT2D eigenvalue weighted by Crippen LogP contribution is 2.35. The van der Waals surface area contributed by atoms with Gasteiger partial charge < -0.3 is 5.32 Å². The number of carbonyl (C=O) groups is 1. The second-order valence-corrected chi connectivity index (χ2v) is 7.72. The van der Waals surface area contributed by atoms with E-state index in [1.165, 1.54) is 34.5 Å². The quantitative estimate of drug-likeness (QED) is 0.595. The number of carbonyl (C=O) groups excluding carboxylic acids is 1. The third-order valence-corrected chi connectivity index (χ3v) is 5.72. The van der Waals surface area contributed by atoms with Crippen LogP contribution >= 0.6 is 0 Å². The molecule has 6 heteroatoms. The van der Waals surface area contributed by atoms with Gasteiger partial charge in [-0.05, 0) is 54.4 Å². The standard InChI is InChI=1S/C24H23F3N2O/c25-24(26,27)21-10-3-4-11-22(21)28-23(30)18-12-14-29(15-13-18)16-19-8-5-7-17-6-1-2-9-20(17)19/h1-11,18H,12-16H2,(H,28,30). The van der Waals surface area contributed by atoms with Gasteiger partial charge >= 0.3 is 6.18 Å². The van der Waals surface area contributed by atoms with E-state index in [9.17, 15) is 18.0 Å². The number of amides is 1. The molecule has 0 radical (unpaired) electrons. The molecule has 0 unspecified atom stereocenters. The summed E-state index contributed by atoms with van der Waals surface area (Å²) in [4.78, 5) is 14.9. The van der Waals surface area contributed by atoms with Crippen molar-refractivity contribution in [2.24, 2.45) is 5.92 Å². The number of hydrogen-bond acceptors (Lipinski definition) is 2. The second-order valence-electron chi connectivity index (χ2n) is 7.72. The highest BCUT2D eigenvalue weighted by Gasteiger charge is 2.34. The Morgan fingerprint density at radius 2 is 1.60 bits per heavy atom. The Morgan fingerprint density at radius 1 is 0.933 bits per heavy atom. The van der Waals surface area contributed by atoms with Crippen LogP contribution in [0.3, 0.4) is 0 Å². The Morgan fingerprint density at radius 3 is 2.37 bits per heavy atom. The molecule has 0 saturated carbocycles. The van der Waals surface area contributed by atoms with Crippen molar-refractivity contribution in [3.8, 4) is 0 Å². The first-order chi connectivity index (χ1) is 14.4. The average Bonchev–Trinajstić information content (AvgIpc) is 2.74. The van der Waals surface area contributed by atoms with Crippen LogP contribution in [0.2, 0.25) is 0 Å². The van der Waals surface area contributed by atoms with Crippen LogP contribution in [0.25, 0.3) is 10.8 Å². The number of benzene rings is 3. The number of likely N-dealkylation sites (tertiary alicyclic amines) is 1. The summed E-state index contributed by atoms with van der Waals surface area (Å²) < 4.78 is 39.5. The van der Waals surface area contributed by atoms with E-state index in [1.807, 2.05) is 12.1 Å². The third kappa shape index (κ3) is 4.49. The van der Waals surface area contributed by atoms with E-state index in [4.69, 9.17) is 0 Å². The molecule has 0 aliphatic carbocycles. The molecule has 0 bridgehead atoms. The van der Waals surface area contributed by atoms with Gasteiger partial charge in [0.1, 0.15) is 0 Å². The number of para-hydroxylation sites is 1. The van der Waals surface area contributed by atoms with Gasteiger partial charge in [-0.15, -0.1) is 0 Å². The highest BCUT2D eigenvalue weighted by atomic mass is 19.4. The molecular formula is C24H23F3N2O. The Hall–Kier alpha value is -2.86. The van der Waals surface area contributed by atoms with Crippen molar-refractivity contribution in [2.45, 2.75) is 25.6 Å². The number of nitrogens with one attached hydrogen (secondary N) is 1. The molecule has 4 rings (SSSR count). The van der Waals surface area contributed by atoms with Crippen molar-refractivity contribution in [1.29, 1.82) is 0 Å². The Balaban J connectivity index is 1.37. The van der Waals surface area contributed by atoms with Gasteiger partial charge in [-0.3, -0.25) is 9.69 Å². The van der Waals surface area contributed by atoms with Gasteiger partial charge in [-0.1, -0.05) is 54.6 Å². The number of anilines is 1. The number of fused-ring (bicyclic) bond motifs is 1. The van der Waals surface area contributed by atoms with Crippen molar-refractivity contribution in [1.82, 2.24) is 4.90 Å². The molecule has 1 N–H and O–H groups in total. The van der Waals surface area contributed by atoms with E-state index < -0.39 is 11.7 Å². The maximum Gasteiger partial charge on any atom is 0.418 e. The number of halogens is 3. The fourth-order valence-corrected chi connectivity index (χ4v) is 4.10. The van der Waals surface area contributed by atoms with Crippen molar-refractivity contribution >= 4 is 22.4 Å². The summed E-state index contributed by atoms with van der Waals surface area (Å²) >= 11 is 0. The van der Waals surface area contributed by atoms with Crippen LogP contribution in [0, 0.1) is 5.92 Å². The van der Waals surface area contributed by atoms with E-state index in [0.717, 1.165) is 25.7 Å². The molecular weight excluding hydrogens is 389 g/mol. The number of nitrogens with zero attached hydrogens (tertiary/aromatic N) is 1. The van der Waals surface area contributed by atoms with Crippen molar-refractivity contribution in [2.75, 3.05) is 18.4 Å². The highest BCUT2D eigenvalue weighted by molar-refractivity contribution is 5.93. The molecule has 0 spiro atoms. The summed E-state index contributed by atoms with van der Waals surface area (Å²) in [5.41, 5.74) is 0.259. The lowest BCUT2D eigenvalue weighted by Gasteiger charge is -2.31. The van der Waals surface area contributed by atoms with E-state index in [1.54, 1.807) is 0 Å². The summed E-state index contributed by atoms with van der Waals surface area (Å²) in [7, 11) is 0. The fourth-order valence-electron chi connectivity index (χ4n) is 4.10. The smallest absolute Gasteiger partial charge is 0.325 e. The molecule has 156 valence electrons. The molecule has 30 heavy (non-hydrogen) atoms. The van der Waals surface area contributed by atoms with Crippen LogP contribution < -0.4 is 5.32 Å². The predicted molar refractivity (Wildman–Crippen MR) is 112 cm³/mol. The molecule has 1 fully saturated rings. The molecule has 1 aliphatic rings. The van der Waals surface area contributed by atoms with E-state index >= 15 is 0 Å². The van der Waals surface area contributed by atoms with E-state index in [2.05, 4.69) is 40.5 Å². The van der Waals surface area contributed by atoms with Gasteiger partial charge in [0.05, 0.1) is 11.3 Å². The Labute approximate surface area is 173 Å². The first kappa shape index (κ1) is 20.4. The Bertz CT molecular complexity index is 1030. The minimum absolute atomic E-state index is 0.173. The van der Waals surface area contributed by atoms with Gasteiger partial charge in [0.2, 0.25) is 5.91 Å². The fraction of sp³-hybridized carbons (Fsp3) is 0.292. The number of piperidine rings is 1. The molecule has 1 heterocycles. The van der Waals surface area contributed by atoms with E-state index in [-0.39, 0.29) is 17.5 Å². The molecule has 3 aromatic rings. The minimum Gasteiger partial charge on any atom is -0.325 e. The van der Waals surface area contributed by atoms with Crippen LogP contribution in [0.1, 0.15) is 24.0 Å². The molecule has 3 nitrogen and oxygen atoms in total. The topological polar surface area (TPSA) is 32.3 Å². The summed E-state index contributed by atoms with van der Waals surface area (Å²) in [5, 5.41) is 4.93. The lowest BCUT2D eigenvalue weighted by atomic mass is 9.94. The van der Waals surface area contributed by atoms with Gasteiger partial charge in [-0.25, -0.2) is 0 Å². The zero-order valence-electron chi connectivity index (χ0n) is 16.5. The van der Waals surface area contributed by atoms with Crippen LogP contribution in [-0.4, -0.2) is 23.9 Å². The van der Waals surface area contributed by atoms with Gasteiger partial charge in [0, 0.05) is 12.5 Å². The first-order valence-corrected chi connectivity index (χ1v) is 10.1. The van der Waals surface area contributed by atoms with Crippen molar-refractivity contribution in [3.63, 3.8) is 0 Å². The molecule has 1 amide bonds. The number of rotatable bonds is 4. The zero-order chi connectivity index (χ0) is 21.1. The van der Waals surface area contributed by atoms with Crippen LogP contribution in [-0.2, 0) is 17.5 Å². The van der Waals surface area contributed by atoms with Crippen molar-refractivity contribution in [3.05, 3.63) is 77.9 Å². The SMILES string of the molecule is O=C(Nc1ccccc1C(F)(F)F)C1CCN(Cc2cccc3ccccc23)CC1. The maximum atomic E-state index is 13.2. The first-order valence-electron chi connectivity index (χ1n) is 10.1. The minimum atomic E-state index is -4.49. The average molecular weight is 412 g/mol. The van der Waals surface area contributed by atoms with Crippen LogP contribution in [0.4, 0.5) is 18.9 Å². The van der Waals surface area contributed by atoms with Gasteiger partial charge in [-0.2, -0.15) is 13.2 Å². The molecule has 3 aromatic carbocycles. The lowest BCUT2D eigenvalue weighted by Crippen LogP contribution is -2.38. The van der Waals surface area contributed by atoms with Crippen LogP contribution in [0.15, 0.2) is 66.7 Å². The summed E-state index contributed by atoms with van der Waals surface area (Å²) in [6.45, 7) is 2.27. The molecule has 0 aromatic heterocycles. The summed E-state index contributed by atoms with van der Waals surface area (Å²) in [6.07, 6.45) is -3.23. The van der Waals surface area contributed by atoms with Gasteiger partial charge in [0.15, 0.2) is 0 Å². The van der Waals surface area contributed by atoms with E-state index in [0.29, 0.717) is 12.8 Å². The zero-order valence-corrected chi connectivity index (χ0v) is 16.5. The van der Waals surface area contributed by atoms with Gasteiger partial charge in [0.25, 0.3) is 0 Å². The largest absolute Gasteiger partial charge is 0.418 e. The molecule has 1 saturated heterocycles. The normalized spacial score (nSPS) is 16.0. The summed E-state index contributed by atoms with van der Waals surface area (Å²) in [5.74, 6) is -0.619. The molecule has 1 aliphatic heterocycles. The predicted octanol–water partition coefficient (Wildman–Crippen LogP) is 5.71. The molecule has 0 atom stereocenters. The third-order valence-electron chi connectivity index (χ3n) is 5.72.